The van der Waals surface area contributed by atoms with E-state index in [-0.39, 0.29) is 17.3 Å². The molecule has 2 rings (SSSR count). The van der Waals surface area contributed by atoms with Gasteiger partial charge in [0.1, 0.15) is 4.90 Å². The summed E-state index contributed by atoms with van der Waals surface area (Å²) in [7, 11) is -3.71. The van der Waals surface area contributed by atoms with Crippen LogP contribution in [0.1, 0.15) is 11.4 Å². The van der Waals surface area contributed by atoms with Crippen molar-refractivity contribution in [2.24, 2.45) is 5.84 Å². The lowest BCUT2D eigenvalue weighted by Gasteiger charge is -2.09. The highest BCUT2D eigenvalue weighted by Crippen LogP contribution is 2.16. The van der Waals surface area contributed by atoms with Crippen LogP contribution in [-0.4, -0.2) is 18.4 Å². The lowest BCUT2D eigenvalue weighted by atomic mass is 10.3. The smallest absolute Gasteiger partial charge is 0.244 e. The van der Waals surface area contributed by atoms with Crippen LogP contribution in [-0.2, 0) is 16.6 Å². The molecule has 0 spiro atoms. The van der Waals surface area contributed by atoms with Gasteiger partial charge in [-0.3, -0.25) is 4.98 Å². The van der Waals surface area contributed by atoms with E-state index in [2.05, 4.69) is 20.1 Å². The van der Waals surface area contributed by atoms with E-state index in [0.29, 0.717) is 5.69 Å². The van der Waals surface area contributed by atoms with E-state index in [1.165, 1.54) is 18.3 Å². The van der Waals surface area contributed by atoms with Crippen LogP contribution in [0.4, 0.5) is 5.82 Å². The van der Waals surface area contributed by atoms with Crippen molar-refractivity contribution in [1.29, 1.82) is 0 Å². The van der Waals surface area contributed by atoms with E-state index in [0.717, 1.165) is 5.69 Å². The molecule has 0 unspecified atom stereocenters. The van der Waals surface area contributed by atoms with Crippen LogP contribution in [0.15, 0.2) is 41.4 Å². The third-order valence-electron chi connectivity index (χ3n) is 2.59. The maximum absolute atomic E-state index is 12.2. The quantitative estimate of drug-likeness (QED) is 0.548. The number of anilines is 1. The molecule has 0 atom stereocenters. The zero-order valence-corrected chi connectivity index (χ0v) is 11.7. The molecule has 0 amide bonds. The van der Waals surface area contributed by atoms with E-state index in [4.69, 9.17) is 5.84 Å². The molecular formula is C12H15N5O2S. The Kier molecular flexibility index (Phi) is 4.28. The normalized spacial score (nSPS) is 11.3. The van der Waals surface area contributed by atoms with Crippen LogP contribution in [0, 0.1) is 6.92 Å². The summed E-state index contributed by atoms with van der Waals surface area (Å²) in [4.78, 5) is 8.09. The fourth-order valence-electron chi connectivity index (χ4n) is 1.66. The first-order chi connectivity index (χ1) is 9.53. The predicted octanol–water partition coefficient (Wildman–Crippen LogP) is 0.549. The SMILES string of the molecule is Cc1cccc(CNS(=O)(=O)c2cccnc2NN)n1. The maximum atomic E-state index is 12.2. The van der Waals surface area contributed by atoms with Gasteiger partial charge in [-0.05, 0) is 31.2 Å². The monoisotopic (exact) mass is 293 g/mol. The van der Waals surface area contributed by atoms with E-state index in [9.17, 15) is 8.42 Å². The highest BCUT2D eigenvalue weighted by molar-refractivity contribution is 7.89. The summed E-state index contributed by atoms with van der Waals surface area (Å²) < 4.78 is 26.9. The second-order valence-electron chi connectivity index (χ2n) is 4.09. The van der Waals surface area contributed by atoms with Gasteiger partial charge in [0.25, 0.3) is 0 Å². The summed E-state index contributed by atoms with van der Waals surface area (Å²) in [5.74, 6) is 5.35. The molecule has 106 valence electrons. The number of pyridine rings is 2. The van der Waals surface area contributed by atoms with Crippen molar-refractivity contribution in [3.05, 3.63) is 47.9 Å². The Morgan fingerprint density at radius 1 is 1.25 bits per heavy atom. The van der Waals surface area contributed by atoms with Gasteiger partial charge in [-0.15, -0.1) is 0 Å². The average molecular weight is 293 g/mol. The average Bonchev–Trinajstić information content (AvgIpc) is 2.45. The molecule has 4 N–H and O–H groups in total. The Hall–Kier alpha value is -2.03. The van der Waals surface area contributed by atoms with Gasteiger partial charge in [-0.1, -0.05) is 6.07 Å². The summed E-state index contributed by atoms with van der Waals surface area (Å²) in [5.41, 5.74) is 3.73. The number of nitrogen functional groups attached to an aromatic ring is 1. The predicted molar refractivity (Wildman–Crippen MR) is 75.0 cm³/mol. The minimum Gasteiger partial charge on any atom is -0.307 e. The molecule has 0 aliphatic carbocycles. The molecule has 2 aromatic heterocycles. The van der Waals surface area contributed by atoms with E-state index >= 15 is 0 Å². The fourth-order valence-corrected chi connectivity index (χ4v) is 2.78. The van der Waals surface area contributed by atoms with Crippen LogP contribution >= 0.6 is 0 Å². The zero-order valence-electron chi connectivity index (χ0n) is 10.9. The fraction of sp³-hybridized carbons (Fsp3) is 0.167. The van der Waals surface area contributed by atoms with Gasteiger partial charge in [0.2, 0.25) is 10.0 Å². The first-order valence-electron chi connectivity index (χ1n) is 5.87. The minimum atomic E-state index is -3.71. The molecular weight excluding hydrogens is 278 g/mol. The van der Waals surface area contributed by atoms with Crippen molar-refractivity contribution in [3.8, 4) is 0 Å². The van der Waals surface area contributed by atoms with Gasteiger partial charge < -0.3 is 5.43 Å². The topological polar surface area (TPSA) is 110 Å². The number of rotatable bonds is 5. The highest BCUT2D eigenvalue weighted by atomic mass is 32.2. The molecule has 20 heavy (non-hydrogen) atoms. The van der Waals surface area contributed by atoms with Crippen LogP contribution in [0.2, 0.25) is 0 Å². The van der Waals surface area contributed by atoms with Crippen LogP contribution in [0.25, 0.3) is 0 Å². The number of nitrogens with zero attached hydrogens (tertiary/aromatic N) is 2. The molecule has 0 bridgehead atoms. The van der Waals surface area contributed by atoms with Gasteiger partial charge in [0.05, 0.1) is 12.2 Å². The summed E-state index contributed by atoms with van der Waals surface area (Å²) in [6.07, 6.45) is 1.45. The summed E-state index contributed by atoms with van der Waals surface area (Å²) in [5, 5.41) is 0. The second kappa shape index (κ2) is 5.95. The van der Waals surface area contributed by atoms with Gasteiger partial charge in [-0.25, -0.2) is 24.0 Å². The van der Waals surface area contributed by atoms with E-state index < -0.39 is 10.0 Å². The third kappa shape index (κ3) is 3.29. The van der Waals surface area contributed by atoms with Crippen molar-refractivity contribution < 1.29 is 8.42 Å². The number of aromatic nitrogens is 2. The van der Waals surface area contributed by atoms with Gasteiger partial charge >= 0.3 is 0 Å². The van der Waals surface area contributed by atoms with Crippen molar-refractivity contribution in [3.63, 3.8) is 0 Å². The number of hydrogen-bond acceptors (Lipinski definition) is 6. The Balaban J connectivity index is 2.19. The van der Waals surface area contributed by atoms with Crippen LogP contribution < -0.4 is 16.0 Å². The number of hydrazine groups is 1. The molecule has 0 aliphatic heterocycles. The molecule has 0 radical (unpaired) electrons. The molecule has 0 saturated carbocycles. The number of nitrogens with one attached hydrogen (secondary N) is 2. The number of nitrogens with two attached hydrogens (primary N) is 1. The lowest BCUT2D eigenvalue weighted by Crippen LogP contribution is -2.26. The molecule has 2 aromatic rings. The molecule has 0 saturated heterocycles. The number of sulfonamides is 1. The number of hydrogen-bond donors (Lipinski definition) is 3. The van der Waals surface area contributed by atoms with Crippen molar-refractivity contribution >= 4 is 15.8 Å². The van der Waals surface area contributed by atoms with E-state index in [1.54, 1.807) is 6.07 Å². The summed E-state index contributed by atoms with van der Waals surface area (Å²) in [6.45, 7) is 1.94. The molecule has 8 heteroatoms. The summed E-state index contributed by atoms with van der Waals surface area (Å²) in [6, 6.07) is 8.37. The van der Waals surface area contributed by atoms with Crippen molar-refractivity contribution in [2.75, 3.05) is 5.43 Å². The molecule has 0 aliphatic rings. The third-order valence-corrected chi connectivity index (χ3v) is 4.02. The summed E-state index contributed by atoms with van der Waals surface area (Å²) >= 11 is 0. The maximum Gasteiger partial charge on any atom is 0.244 e. The highest BCUT2D eigenvalue weighted by Gasteiger charge is 2.18. The molecule has 2 heterocycles. The van der Waals surface area contributed by atoms with E-state index in [1.807, 2.05) is 19.1 Å². The molecule has 0 aromatic carbocycles. The minimum absolute atomic E-state index is 0.00449. The lowest BCUT2D eigenvalue weighted by molar-refractivity contribution is 0.580. The Morgan fingerprint density at radius 3 is 2.75 bits per heavy atom. The number of aryl methyl sites for hydroxylation is 1. The molecule has 7 nitrogen and oxygen atoms in total. The standard InChI is InChI=1S/C12H15N5O2S/c1-9-4-2-5-10(16-9)8-15-20(18,19)11-6-3-7-14-12(11)17-13/h2-7,15H,8,13H2,1H3,(H,14,17). The van der Waals surface area contributed by atoms with Crippen molar-refractivity contribution in [2.45, 2.75) is 18.4 Å². The molecule has 0 fully saturated rings. The first kappa shape index (κ1) is 14.4. The van der Waals surface area contributed by atoms with Crippen LogP contribution in [0.5, 0.6) is 0 Å². The second-order valence-corrected chi connectivity index (χ2v) is 5.82. The Bertz CT molecular complexity index is 702. The first-order valence-corrected chi connectivity index (χ1v) is 7.35. The van der Waals surface area contributed by atoms with Crippen molar-refractivity contribution in [1.82, 2.24) is 14.7 Å². The van der Waals surface area contributed by atoms with Gasteiger partial charge in [0.15, 0.2) is 5.82 Å². The largest absolute Gasteiger partial charge is 0.307 e. The van der Waals surface area contributed by atoms with Gasteiger partial charge in [-0.2, -0.15) is 0 Å². The van der Waals surface area contributed by atoms with Crippen LogP contribution in [0.3, 0.4) is 0 Å². The zero-order chi connectivity index (χ0) is 14.6. The van der Waals surface area contributed by atoms with Gasteiger partial charge in [0, 0.05) is 11.9 Å². The Labute approximate surface area is 117 Å². The Morgan fingerprint density at radius 2 is 2.05 bits per heavy atom.